The number of thioether (sulfide) groups is 1. The molecule has 2 rings (SSSR count). The number of carbonyl (C=O) groups is 1. The van der Waals surface area contributed by atoms with Crippen LogP contribution in [0.1, 0.15) is 39.2 Å². The zero-order valence-electron chi connectivity index (χ0n) is 14.3. The number of amides is 1. The van der Waals surface area contributed by atoms with E-state index in [1.165, 1.54) is 5.56 Å². The maximum atomic E-state index is 12.4. The van der Waals surface area contributed by atoms with Gasteiger partial charge in [0.2, 0.25) is 5.91 Å². The van der Waals surface area contributed by atoms with Gasteiger partial charge in [-0.15, -0.1) is 12.4 Å². The lowest BCUT2D eigenvalue weighted by Crippen LogP contribution is -2.49. The van der Waals surface area contributed by atoms with E-state index in [0.717, 1.165) is 24.5 Å². The van der Waals surface area contributed by atoms with E-state index >= 15 is 0 Å². The summed E-state index contributed by atoms with van der Waals surface area (Å²) in [5, 5.41) is 6.69. The quantitative estimate of drug-likeness (QED) is 0.821. The van der Waals surface area contributed by atoms with Gasteiger partial charge < -0.3 is 10.6 Å². The number of rotatable bonds is 6. The van der Waals surface area contributed by atoms with Gasteiger partial charge in [0.1, 0.15) is 0 Å². The van der Waals surface area contributed by atoms with E-state index in [1.807, 2.05) is 17.8 Å². The summed E-state index contributed by atoms with van der Waals surface area (Å²) in [6.07, 6.45) is 1.51. The number of halogens is 1. The number of hydrogen-bond donors (Lipinski definition) is 2. The maximum absolute atomic E-state index is 12.4. The third kappa shape index (κ3) is 5.70. The summed E-state index contributed by atoms with van der Waals surface area (Å²) in [6.45, 7) is 7.58. The first-order chi connectivity index (χ1) is 10.5. The molecule has 1 fully saturated rings. The summed E-state index contributed by atoms with van der Waals surface area (Å²) in [7, 11) is 0. The van der Waals surface area contributed by atoms with Crippen molar-refractivity contribution in [3.05, 3.63) is 35.9 Å². The molecule has 1 amide bonds. The van der Waals surface area contributed by atoms with Crippen molar-refractivity contribution in [2.24, 2.45) is 0 Å². The van der Waals surface area contributed by atoms with Crippen LogP contribution in [0.4, 0.5) is 0 Å². The molecular weight excluding hydrogens is 328 g/mol. The number of nitrogens with one attached hydrogen (secondary N) is 2. The molecule has 23 heavy (non-hydrogen) atoms. The Labute approximate surface area is 150 Å². The molecule has 2 N–H and O–H groups in total. The SMILES string of the molecule is CCC(NC(=O)CC1CSCCN1)C(C)(C)c1ccccc1.Cl. The number of benzene rings is 1. The van der Waals surface area contributed by atoms with Crippen LogP contribution in [0.25, 0.3) is 0 Å². The molecule has 2 unspecified atom stereocenters. The van der Waals surface area contributed by atoms with Gasteiger partial charge >= 0.3 is 0 Å². The molecular formula is C18H29ClN2OS. The van der Waals surface area contributed by atoms with Crippen molar-refractivity contribution in [2.45, 2.75) is 51.1 Å². The second-order valence-corrected chi connectivity index (χ2v) is 7.70. The van der Waals surface area contributed by atoms with E-state index in [0.29, 0.717) is 12.5 Å². The van der Waals surface area contributed by atoms with Crippen LogP contribution in [0.15, 0.2) is 30.3 Å². The number of carbonyl (C=O) groups excluding carboxylic acids is 1. The van der Waals surface area contributed by atoms with E-state index in [4.69, 9.17) is 0 Å². The molecule has 0 aliphatic carbocycles. The molecule has 1 aliphatic rings. The Morgan fingerprint density at radius 1 is 1.39 bits per heavy atom. The van der Waals surface area contributed by atoms with Gasteiger partial charge in [-0.3, -0.25) is 4.79 Å². The third-order valence-corrected chi connectivity index (χ3v) is 5.69. The van der Waals surface area contributed by atoms with Crippen molar-refractivity contribution in [1.29, 1.82) is 0 Å². The Bertz CT molecular complexity index is 475. The Balaban J connectivity index is 0.00000264. The summed E-state index contributed by atoms with van der Waals surface area (Å²) in [4.78, 5) is 12.4. The lowest BCUT2D eigenvalue weighted by Gasteiger charge is -2.35. The van der Waals surface area contributed by atoms with Crippen molar-refractivity contribution in [3.63, 3.8) is 0 Å². The van der Waals surface area contributed by atoms with Crippen LogP contribution < -0.4 is 10.6 Å². The molecule has 1 aliphatic heterocycles. The van der Waals surface area contributed by atoms with Crippen LogP contribution in [0.3, 0.4) is 0 Å². The zero-order chi connectivity index (χ0) is 16.0. The normalized spacial score (nSPS) is 19.5. The lowest BCUT2D eigenvalue weighted by atomic mass is 9.76. The van der Waals surface area contributed by atoms with Crippen molar-refractivity contribution < 1.29 is 4.79 Å². The minimum atomic E-state index is -0.0690. The monoisotopic (exact) mass is 356 g/mol. The molecule has 3 nitrogen and oxygen atoms in total. The van der Waals surface area contributed by atoms with E-state index in [2.05, 4.69) is 55.7 Å². The molecule has 1 aromatic carbocycles. The summed E-state index contributed by atoms with van der Waals surface area (Å²) < 4.78 is 0. The number of hydrogen-bond acceptors (Lipinski definition) is 3. The van der Waals surface area contributed by atoms with Gasteiger partial charge in [0.05, 0.1) is 0 Å². The van der Waals surface area contributed by atoms with Crippen LogP contribution in [-0.2, 0) is 10.2 Å². The Hall–Kier alpha value is -0.710. The molecule has 0 bridgehead atoms. The van der Waals surface area contributed by atoms with Gasteiger partial charge in [-0.2, -0.15) is 11.8 Å². The van der Waals surface area contributed by atoms with Gasteiger partial charge in [-0.05, 0) is 12.0 Å². The Morgan fingerprint density at radius 3 is 2.65 bits per heavy atom. The average molecular weight is 357 g/mol. The highest BCUT2D eigenvalue weighted by molar-refractivity contribution is 7.99. The van der Waals surface area contributed by atoms with Crippen molar-refractivity contribution in [1.82, 2.24) is 10.6 Å². The fraction of sp³-hybridized carbons (Fsp3) is 0.611. The highest BCUT2D eigenvalue weighted by Gasteiger charge is 2.31. The van der Waals surface area contributed by atoms with Gasteiger partial charge in [-0.1, -0.05) is 51.1 Å². The van der Waals surface area contributed by atoms with Crippen molar-refractivity contribution in [3.8, 4) is 0 Å². The maximum Gasteiger partial charge on any atom is 0.221 e. The van der Waals surface area contributed by atoms with Crippen molar-refractivity contribution in [2.75, 3.05) is 18.1 Å². The first-order valence-electron chi connectivity index (χ1n) is 8.20. The van der Waals surface area contributed by atoms with Gasteiger partial charge in [0.15, 0.2) is 0 Å². The van der Waals surface area contributed by atoms with Crippen LogP contribution >= 0.6 is 24.2 Å². The molecule has 0 aromatic heterocycles. The predicted octanol–water partition coefficient (Wildman–Crippen LogP) is 3.38. The standard InChI is InChI=1S/C18H28N2OS.ClH/c1-4-16(18(2,3)14-8-6-5-7-9-14)20-17(21)12-15-13-22-11-10-19-15;/h5-9,15-16,19H,4,10-13H2,1-3H3,(H,20,21);1H. The zero-order valence-corrected chi connectivity index (χ0v) is 15.9. The molecule has 1 heterocycles. The fourth-order valence-electron chi connectivity index (χ4n) is 3.09. The molecule has 0 spiro atoms. The molecule has 2 atom stereocenters. The minimum absolute atomic E-state index is 0. The first-order valence-corrected chi connectivity index (χ1v) is 9.35. The lowest BCUT2D eigenvalue weighted by molar-refractivity contribution is -0.122. The summed E-state index contributed by atoms with van der Waals surface area (Å²) >= 11 is 1.93. The van der Waals surface area contributed by atoms with E-state index in [-0.39, 0.29) is 29.8 Å². The first kappa shape index (κ1) is 20.3. The van der Waals surface area contributed by atoms with Crippen LogP contribution in [0, 0.1) is 0 Å². The van der Waals surface area contributed by atoms with Crippen molar-refractivity contribution >= 4 is 30.1 Å². The van der Waals surface area contributed by atoms with E-state index < -0.39 is 0 Å². The van der Waals surface area contributed by atoms with Gasteiger partial charge in [-0.25, -0.2) is 0 Å². The van der Waals surface area contributed by atoms with E-state index in [1.54, 1.807) is 0 Å². The topological polar surface area (TPSA) is 41.1 Å². The van der Waals surface area contributed by atoms with Gasteiger partial charge in [0.25, 0.3) is 0 Å². The summed E-state index contributed by atoms with van der Waals surface area (Å²) in [6, 6.07) is 10.9. The Morgan fingerprint density at radius 2 is 2.09 bits per heavy atom. The van der Waals surface area contributed by atoms with E-state index in [9.17, 15) is 4.79 Å². The molecule has 1 saturated heterocycles. The highest BCUT2D eigenvalue weighted by Crippen LogP contribution is 2.28. The highest BCUT2D eigenvalue weighted by atomic mass is 35.5. The Kier molecular flexibility index (Phi) is 8.45. The smallest absolute Gasteiger partial charge is 0.221 e. The van der Waals surface area contributed by atoms with Crippen LogP contribution in [0.5, 0.6) is 0 Å². The molecule has 130 valence electrons. The fourth-order valence-corrected chi connectivity index (χ4v) is 4.04. The van der Waals surface area contributed by atoms with Crippen LogP contribution in [-0.4, -0.2) is 36.0 Å². The molecule has 0 radical (unpaired) electrons. The largest absolute Gasteiger partial charge is 0.352 e. The third-order valence-electron chi connectivity index (χ3n) is 4.56. The second kappa shape index (κ2) is 9.55. The minimum Gasteiger partial charge on any atom is -0.352 e. The molecule has 1 aromatic rings. The molecule has 0 saturated carbocycles. The molecule has 5 heteroatoms. The summed E-state index contributed by atoms with van der Waals surface area (Å²) in [5.41, 5.74) is 1.20. The second-order valence-electron chi connectivity index (χ2n) is 6.55. The van der Waals surface area contributed by atoms with Gasteiger partial charge in [0, 0.05) is 42.0 Å². The predicted molar refractivity (Wildman–Crippen MR) is 103 cm³/mol. The summed E-state index contributed by atoms with van der Waals surface area (Å²) in [5.74, 6) is 2.35. The average Bonchev–Trinajstić information content (AvgIpc) is 2.54. The van der Waals surface area contributed by atoms with Crippen LogP contribution in [0.2, 0.25) is 0 Å².